The number of amides is 1. The van der Waals surface area contributed by atoms with E-state index >= 15 is 0 Å². The van der Waals surface area contributed by atoms with Gasteiger partial charge in [0, 0.05) is 44.7 Å². The number of piperazine rings is 1. The lowest BCUT2D eigenvalue weighted by Crippen LogP contribution is -2.61. The Hall–Kier alpha value is -1.69. The minimum Gasteiger partial charge on any atom is -0.352 e. The molecule has 1 spiro atoms. The maximum atomic E-state index is 12.6. The number of hydrogen-bond acceptors (Lipinski definition) is 5. The molecule has 6 heteroatoms. The lowest BCUT2D eigenvalue weighted by molar-refractivity contribution is -0.130. The van der Waals surface area contributed by atoms with E-state index in [0.29, 0.717) is 12.3 Å². The highest BCUT2D eigenvalue weighted by Crippen LogP contribution is 2.35. The van der Waals surface area contributed by atoms with E-state index in [1.165, 1.54) is 12.8 Å². The molecular weight excluding hydrogens is 314 g/mol. The van der Waals surface area contributed by atoms with Gasteiger partial charge in [0.2, 0.25) is 5.91 Å². The van der Waals surface area contributed by atoms with Crippen LogP contribution in [0.2, 0.25) is 0 Å². The summed E-state index contributed by atoms with van der Waals surface area (Å²) < 4.78 is 0. The number of carbonyl (C=O) groups is 1. The third kappa shape index (κ3) is 3.50. The molecule has 1 aliphatic carbocycles. The summed E-state index contributed by atoms with van der Waals surface area (Å²) in [6, 6.07) is 4.10. The fraction of sp³-hybridized carbons (Fsp3) is 0.737. The molecule has 0 aromatic carbocycles. The van der Waals surface area contributed by atoms with Gasteiger partial charge in [0.25, 0.3) is 0 Å². The standard InChI is InChI=1S/C19H29N5O/c1-15-3-6-17(21-20-15)24-12-11-22(2)19(14-24)8-7-18(25)23(10-9-19)13-16-4-5-16/h3,6,16H,4-5,7-14H2,1-2H3/t19-/m1/s1. The average Bonchev–Trinajstić information content (AvgIpc) is 3.44. The van der Waals surface area contributed by atoms with Gasteiger partial charge in [0.05, 0.1) is 5.69 Å². The molecule has 1 saturated carbocycles. The van der Waals surface area contributed by atoms with Crippen molar-refractivity contribution >= 4 is 11.7 Å². The zero-order valence-electron chi connectivity index (χ0n) is 15.4. The Morgan fingerprint density at radius 2 is 2.00 bits per heavy atom. The Kier molecular flexibility index (Phi) is 4.40. The first-order chi connectivity index (χ1) is 12.1. The summed E-state index contributed by atoms with van der Waals surface area (Å²) in [6.45, 7) is 6.75. The molecule has 6 nitrogen and oxygen atoms in total. The van der Waals surface area contributed by atoms with Gasteiger partial charge >= 0.3 is 0 Å². The van der Waals surface area contributed by atoms with Gasteiger partial charge in [0.15, 0.2) is 5.82 Å². The van der Waals surface area contributed by atoms with Gasteiger partial charge in [-0.15, -0.1) is 5.10 Å². The van der Waals surface area contributed by atoms with Crippen LogP contribution in [0.15, 0.2) is 12.1 Å². The average molecular weight is 343 g/mol. The van der Waals surface area contributed by atoms with Crippen LogP contribution in [0.25, 0.3) is 0 Å². The number of anilines is 1. The Balaban J connectivity index is 1.50. The fourth-order valence-electron chi connectivity index (χ4n) is 4.25. The molecule has 3 heterocycles. The number of likely N-dealkylation sites (N-methyl/N-ethyl adjacent to an activating group) is 1. The van der Waals surface area contributed by atoms with Crippen LogP contribution in [0.3, 0.4) is 0 Å². The van der Waals surface area contributed by atoms with Gasteiger partial charge in [-0.05, 0) is 57.7 Å². The molecule has 1 aromatic heterocycles. The van der Waals surface area contributed by atoms with Crippen molar-refractivity contribution < 1.29 is 4.79 Å². The molecule has 25 heavy (non-hydrogen) atoms. The van der Waals surface area contributed by atoms with Crippen LogP contribution in [0.5, 0.6) is 0 Å². The van der Waals surface area contributed by atoms with E-state index in [1.54, 1.807) is 0 Å². The molecule has 3 fully saturated rings. The van der Waals surface area contributed by atoms with Crippen molar-refractivity contribution in [1.82, 2.24) is 20.0 Å². The minimum atomic E-state index is 0.0682. The predicted molar refractivity (Wildman–Crippen MR) is 97.5 cm³/mol. The first kappa shape index (κ1) is 16.8. The molecule has 2 saturated heterocycles. The van der Waals surface area contributed by atoms with Crippen LogP contribution in [0.4, 0.5) is 5.82 Å². The lowest BCUT2D eigenvalue weighted by Gasteiger charge is -2.49. The number of nitrogens with zero attached hydrogens (tertiary/aromatic N) is 5. The molecule has 0 bridgehead atoms. The van der Waals surface area contributed by atoms with Gasteiger partial charge in [-0.1, -0.05) is 0 Å². The Morgan fingerprint density at radius 1 is 1.16 bits per heavy atom. The number of aryl methyl sites for hydroxylation is 1. The van der Waals surface area contributed by atoms with Gasteiger partial charge in [0.1, 0.15) is 0 Å². The smallest absolute Gasteiger partial charge is 0.222 e. The summed E-state index contributed by atoms with van der Waals surface area (Å²) in [7, 11) is 2.22. The van der Waals surface area contributed by atoms with Crippen LogP contribution in [-0.4, -0.2) is 71.2 Å². The Labute approximate surface area is 150 Å². The molecule has 136 valence electrons. The maximum Gasteiger partial charge on any atom is 0.222 e. The van der Waals surface area contributed by atoms with E-state index in [2.05, 4.69) is 38.0 Å². The highest BCUT2D eigenvalue weighted by Gasteiger charge is 2.43. The summed E-state index contributed by atoms with van der Waals surface area (Å²) in [6.07, 6.45) is 5.27. The monoisotopic (exact) mass is 343 g/mol. The van der Waals surface area contributed by atoms with Crippen molar-refractivity contribution in [2.45, 2.75) is 44.6 Å². The molecule has 1 amide bonds. The van der Waals surface area contributed by atoms with E-state index in [9.17, 15) is 4.79 Å². The van der Waals surface area contributed by atoms with Crippen molar-refractivity contribution in [2.24, 2.45) is 5.92 Å². The summed E-state index contributed by atoms with van der Waals surface area (Å²) in [5, 5.41) is 8.61. The topological polar surface area (TPSA) is 52.6 Å². The first-order valence-electron chi connectivity index (χ1n) is 9.60. The maximum absolute atomic E-state index is 12.6. The zero-order chi connectivity index (χ0) is 17.4. The Morgan fingerprint density at radius 3 is 2.72 bits per heavy atom. The van der Waals surface area contributed by atoms with E-state index < -0.39 is 0 Å². The SMILES string of the molecule is Cc1ccc(N2CCN(C)[C@@]3(CCC(=O)N(CC4CC4)CC3)C2)nn1. The van der Waals surface area contributed by atoms with Crippen molar-refractivity contribution in [3.8, 4) is 0 Å². The molecule has 0 radical (unpaired) electrons. The lowest BCUT2D eigenvalue weighted by atomic mass is 9.86. The zero-order valence-corrected chi connectivity index (χ0v) is 15.4. The molecule has 0 unspecified atom stereocenters. The number of hydrogen-bond donors (Lipinski definition) is 0. The molecule has 1 aromatic rings. The summed E-state index contributed by atoms with van der Waals surface area (Å²) in [4.78, 5) is 19.5. The molecule has 4 rings (SSSR count). The minimum absolute atomic E-state index is 0.0682. The van der Waals surface area contributed by atoms with Crippen LogP contribution >= 0.6 is 0 Å². The quantitative estimate of drug-likeness (QED) is 0.836. The van der Waals surface area contributed by atoms with Crippen LogP contribution in [-0.2, 0) is 4.79 Å². The summed E-state index contributed by atoms with van der Waals surface area (Å²) in [5.74, 6) is 2.08. The van der Waals surface area contributed by atoms with Crippen LogP contribution in [0.1, 0.15) is 37.8 Å². The van der Waals surface area contributed by atoms with E-state index in [1.807, 2.05) is 13.0 Å². The van der Waals surface area contributed by atoms with E-state index in [0.717, 1.165) is 63.0 Å². The van der Waals surface area contributed by atoms with Gasteiger partial charge in [-0.2, -0.15) is 5.10 Å². The van der Waals surface area contributed by atoms with Gasteiger partial charge in [-0.3, -0.25) is 9.69 Å². The number of aromatic nitrogens is 2. The molecule has 0 N–H and O–H groups in total. The normalized spacial score (nSPS) is 28.5. The number of rotatable bonds is 3. The second-order valence-electron chi connectivity index (χ2n) is 8.13. The van der Waals surface area contributed by atoms with Crippen molar-refractivity contribution in [2.75, 3.05) is 44.7 Å². The van der Waals surface area contributed by atoms with E-state index in [-0.39, 0.29) is 5.54 Å². The third-order valence-electron chi connectivity index (χ3n) is 6.29. The highest BCUT2D eigenvalue weighted by atomic mass is 16.2. The number of likely N-dealkylation sites (tertiary alicyclic amines) is 1. The first-order valence-corrected chi connectivity index (χ1v) is 9.60. The van der Waals surface area contributed by atoms with Crippen LogP contribution in [0, 0.1) is 12.8 Å². The van der Waals surface area contributed by atoms with Crippen LogP contribution < -0.4 is 4.90 Å². The largest absolute Gasteiger partial charge is 0.352 e. The molecule has 3 aliphatic rings. The fourth-order valence-corrected chi connectivity index (χ4v) is 4.25. The van der Waals surface area contributed by atoms with Gasteiger partial charge in [-0.25, -0.2) is 0 Å². The van der Waals surface area contributed by atoms with Crippen molar-refractivity contribution in [3.05, 3.63) is 17.8 Å². The third-order valence-corrected chi connectivity index (χ3v) is 6.29. The van der Waals surface area contributed by atoms with Gasteiger partial charge < -0.3 is 9.80 Å². The summed E-state index contributed by atoms with van der Waals surface area (Å²) >= 11 is 0. The second kappa shape index (κ2) is 6.56. The number of carbonyl (C=O) groups excluding carboxylic acids is 1. The second-order valence-corrected chi connectivity index (χ2v) is 8.13. The van der Waals surface area contributed by atoms with Crippen molar-refractivity contribution in [3.63, 3.8) is 0 Å². The predicted octanol–water partition coefficient (Wildman–Crippen LogP) is 1.70. The molecular formula is C19H29N5O. The highest BCUT2D eigenvalue weighted by molar-refractivity contribution is 5.76. The molecule has 2 aliphatic heterocycles. The van der Waals surface area contributed by atoms with Crippen molar-refractivity contribution in [1.29, 1.82) is 0 Å². The Bertz CT molecular complexity index is 629. The summed E-state index contributed by atoms with van der Waals surface area (Å²) in [5.41, 5.74) is 1.02. The molecule has 1 atom stereocenters. The van der Waals surface area contributed by atoms with E-state index in [4.69, 9.17) is 0 Å².